The molecule has 0 saturated carbocycles. The van der Waals surface area contributed by atoms with Crippen molar-refractivity contribution in [3.05, 3.63) is 71.0 Å². The van der Waals surface area contributed by atoms with Gasteiger partial charge in [-0.2, -0.15) is 5.10 Å². The van der Waals surface area contributed by atoms with Crippen molar-refractivity contribution in [2.75, 3.05) is 17.2 Å². The predicted molar refractivity (Wildman–Crippen MR) is 135 cm³/mol. The molecule has 1 heterocycles. The molecule has 0 radical (unpaired) electrons. The van der Waals surface area contributed by atoms with Crippen molar-refractivity contribution in [2.24, 2.45) is 5.92 Å². The minimum Gasteiger partial charge on any atom is -0.494 e. The highest BCUT2D eigenvalue weighted by Gasteiger charge is 2.14. The van der Waals surface area contributed by atoms with Crippen LogP contribution >= 0.6 is 0 Å². The lowest BCUT2D eigenvalue weighted by Gasteiger charge is -2.09. The van der Waals surface area contributed by atoms with Crippen LogP contribution in [-0.4, -0.2) is 28.2 Å². The van der Waals surface area contributed by atoms with Crippen LogP contribution in [0.1, 0.15) is 54.5 Å². The minimum absolute atomic E-state index is 0.0676. The van der Waals surface area contributed by atoms with Crippen LogP contribution in [0.5, 0.6) is 5.75 Å². The topological polar surface area (TPSA) is 85.2 Å². The standard InChI is InChI=1S/C27H34N4O3/c1-6-34-24-13-11-23(12-14-24)29-27(33)21-7-9-22(10-8-21)28-26(32)16-15-25-19(4)30-31(20(25)5)17-18(2)3/h7-14,18H,6,15-17H2,1-5H3,(H,28,32)(H,29,33). The summed E-state index contributed by atoms with van der Waals surface area (Å²) < 4.78 is 7.44. The Balaban J connectivity index is 1.52. The summed E-state index contributed by atoms with van der Waals surface area (Å²) in [6.45, 7) is 11.8. The first-order valence-electron chi connectivity index (χ1n) is 11.7. The zero-order valence-corrected chi connectivity index (χ0v) is 20.6. The number of ether oxygens (including phenoxy) is 1. The number of benzene rings is 2. The summed E-state index contributed by atoms with van der Waals surface area (Å²) in [5.41, 5.74) is 5.10. The molecule has 0 atom stereocenters. The number of nitrogens with one attached hydrogen (secondary N) is 2. The molecule has 0 fully saturated rings. The number of nitrogens with zero attached hydrogens (tertiary/aromatic N) is 2. The van der Waals surface area contributed by atoms with Gasteiger partial charge in [0.2, 0.25) is 5.91 Å². The maximum Gasteiger partial charge on any atom is 0.255 e. The molecule has 180 valence electrons. The molecule has 0 aliphatic rings. The van der Waals surface area contributed by atoms with Gasteiger partial charge in [-0.1, -0.05) is 13.8 Å². The fourth-order valence-corrected chi connectivity index (χ4v) is 3.79. The molecular weight excluding hydrogens is 428 g/mol. The van der Waals surface area contributed by atoms with Gasteiger partial charge in [0.15, 0.2) is 0 Å². The van der Waals surface area contributed by atoms with Crippen molar-refractivity contribution < 1.29 is 14.3 Å². The van der Waals surface area contributed by atoms with Crippen molar-refractivity contribution in [2.45, 2.75) is 54.0 Å². The molecule has 2 aromatic carbocycles. The summed E-state index contributed by atoms with van der Waals surface area (Å²) in [7, 11) is 0. The van der Waals surface area contributed by atoms with E-state index in [4.69, 9.17) is 4.74 Å². The SMILES string of the molecule is CCOc1ccc(NC(=O)c2ccc(NC(=O)CCc3c(C)nn(CC(C)C)c3C)cc2)cc1. The fourth-order valence-electron chi connectivity index (χ4n) is 3.79. The average molecular weight is 463 g/mol. The van der Waals surface area contributed by atoms with Gasteiger partial charge in [0.25, 0.3) is 5.91 Å². The maximum atomic E-state index is 12.5. The molecule has 3 rings (SSSR count). The van der Waals surface area contributed by atoms with Crippen LogP contribution in [0, 0.1) is 19.8 Å². The molecule has 3 aromatic rings. The summed E-state index contributed by atoms with van der Waals surface area (Å²) in [6, 6.07) is 14.1. The van der Waals surface area contributed by atoms with Gasteiger partial charge in [-0.25, -0.2) is 0 Å². The first-order valence-corrected chi connectivity index (χ1v) is 11.7. The summed E-state index contributed by atoms with van der Waals surface area (Å²) >= 11 is 0. The minimum atomic E-state index is -0.216. The molecule has 0 bridgehead atoms. The molecule has 1 aromatic heterocycles. The van der Waals surface area contributed by atoms with E-state index >= 15 is 0 Å². The van der Waals surface area contributed by atoms with E-state index < -0.39 is 0 Å². The second-order valence-corrected chi connectivity index (χ2v) is 8.76. The number of carbonyl (C=O) groups excluding carboxylic acids is 2. The summed E-state index contributed by atoms with van der Waals surface area (Å²) in [4.78, 5) is 25.0. The lowest BCUT2D eigenvalue weighted by molar-refractivity contribution is -0.116. The Morgan fingerprint density at radius 1 is 0.971 bits per heavy atom. The highest BCUT2D eigenvalue weighted by atomic mass is 16.5. The van der Waals surface area contributed by atoms with E-state index in [2.05, 4.69) is 36.5 Å². The number of aryl methyl sites for hydroxylation is 1. The number of rotatable bonds is 10. The largest absolute Gasteiger partial charge is 0.494 e. The van der Waals surface area contributed by atoms with E-state index in [9.17, 15) is 9.59 Å². The zero-order valence-electron chi connectivity index (χ0n) is 20.6. The highest BCUT2D eigenvalue weighted by Crippen LogP contribution is 2.19. The Morgan fingerprint density at radius 2 is 1.59 bits per heavy atom. The van der Waals surface area contributed by atoms with Gasteiger partial charge in [-0.3, -0.25) is 14.3 Å². The summed E-state index contributed by atoms with van der Waals surface area (Å²) in [5.74, 6) is 0.990. The Hall–Kier alpha value is -3.61. The first kappa shape index (κ1) is 25.0. The second-order valence-electron chi connectivity index (χ2n) is 8.76. The van der Waals surface area contributed by atoms with Crippen molar-refractivity contribution >= 4 is 23.2 Å². The number of anilines is 2. The van der Waals surface area contributed by atoms with Gasteiger partial charge < -0.3 is 15.4 Å². The third-order valence-corrected chi connectivity index (χ3v) is 5.53. The van der Waals surface area contributed by atoms with Gasteiger partial charge >= 0.3 is 0 Å². The molecule has 7 nitrogen and oxygen atoms in total. The lowest BCUT2D eigenvalue weighted by Crippen LogP contribution is -2.14. The van der Waals surface area contributed by atoms with E-state index in [0.29, 0.717) is 42.3 Å². The first-order chi connectivity index (χ1) is 16.3. The van der Waals surface area contributed by atoms with Crippen molar-refractivity contribution in [3.63, 3.8) is 0 Å². The Bertz CT molecular complexity index is 1120. The third-order valence-electron chi connectivity index (χ3n) is 5.53. The number of aromatic nitrogens is 2. The van der Waals surface area contributed by atoms with Crippen LogP contribution < -0.4 is 15.4 Å². The number of amides is 2. The second kappa shape index (κ2) is 11.5. The molecule has 0 spiro atoms. The third kappa shape index (κ3) is 6.70. The molecule has 34 heavy (non-hydrogen) atoms. The van der Waals surface area contributed by atoms with Crippen LogP contribution in [0.4, 0.5) is 11.4 Å². The van der Waals surface area contributed by atoms with Gasteiger partial charge in [-0.15, -0.1) is 0 Å². The summed E-state index contributed by atoms with van der Waals surface area (Å²) in [6.07, 6.45) is 1.01. The number of hydrogen-bond acceptors (Lipinski definition) is 4. The normalized spacial score (nSPS) is 10.9. The molecule has 0 saturated heterocycles. The smallest absolute Gasteiger partial charge is 0.255 e. The fraction of sp³-hybridized carbons (Fsp3) is 0.370. The molecule has 2 N–H and O–H groups in total. The van der Waals surface area contributed by atoms with E-state index in [1.54, 1.807) is 36.4 Å². The van der Waals surface area contributed by atoms with Gasteiger partial charge in [0.1, 0.15) is 5.75 Å². The van der Waals surface area contributed by atoms with Gasteiger partial charge in [-0.05, 0) is 87.2 Å². The van der Waals surface area contributed by atoms with E-state index in [-0.39, 0.29) is 11.8 Å². The Labute approximate surface area is 201 Å². The highest BCUT2D eigenvalue weighted by molar-refractivity contribution is 6.04. The Morgan fingerprint density at radius 3 is 2.21 bits per heavy atom. The summed E-state index contributed by atoms with van der Waals surface area (Å²) in [5, 5.41) is 10.4. The molecule has 2 amide bonds. The van der Waals surface area contributed by atoms with Crippen molar-refractivity contribution in [3.8, 4) is 5.75 Å². The molecule has 7 heteroatoms. The molecule has 0 unspecified atom stereocenters. The Kier molecular flexibility index (Phi) is 8.46. The number of carbonyl (C=O) groups is 2. The van der Waals surface area contributed by atoms with Gasteiger partial charge in [0, 0.05) is 35.6 Å². The monoisotopic (exact) mass is 462 g/mol. The van der Waals surface area contributed by atoms with Crippen LogP contribution in [0.25, 0.3) is 0 Å². The van der Waals surface area contributed by atoms with Crippen molar-refractivity contribution in [1.82, 2.24) is 9.78 Å². The lowest BCUT2D eigenvalue weighted by atomic mass is 10.1. The van der Waals surface area contributed by atoms with Crippen LogP contribution in [-0.2, 0) is 17.8 Å². The number of hydrogen-bond donors (Lipinski definition) is 2. The van der Waals surface area contributed by atoms with E-state index in [0.717, 1.165) is 29.2 Å². The van der Waals surface area contributed by atoms with Gasteiger partial charge in [0.05, 0.1) is 12.3 Å². The van der Waals surface area contributed by atoms with E-state index in [1.807, 2.05) is 30.7 Å². The van der Waals surface area contributed by atoms with E-state index in [1.165, 1.54) is 0 Å². The van der Waals surface area contributed by atoms with Crippen LogP contribution in [0.3, 0.4) is 0 Å². The molecular formula is C27H34N4O3. The molecule has 0 aliphatic carbocycles. The van der Waals surface area contributed by atoms with Crippen LogP contribution in [0.2, 0.25) is 0 Å². The quantitative estimate of drug-likeness (QED) is 0.424. The predicted octanol–water partition coefficient (Wildman–Crippen LogP) is 5.38. The zero-order chi connectivity index (χ0) is 24.7. The van der Waals surface area contributed by atoms with Crippen molar-refractivity contribution in [1.29, 1.82) is 0 Å². The maximum absolute atomic E-state index is 12.5. The average Bonchev–Trinajstić information content (AvgIpc) is 3.06. The van der Waals surface area contributed by atoms with Crippen LogP contribution in [0.15, 0.2) is 48.5 Å². The molecule has 0 aliphatic heterocycles.